The molecule has 2 bridgehead atoms. The summed E-state index contributed by atoms with van der Waals surface area (Å²) in [5, 5.41) is 4.01. The maximum absolute atomic E-state index is 14.4. The van der Waals surface area contributed by atoms with Gasteiger partial charge in [-0.2, -0.15) is 0 Å². The number of piperidine rings is 2. The Morgan fingerprint density at radius 1 is 1.17 bits per heavy atom. The molecule has 0 aliphatic carbocycles. The van der Waals surface area contributed by atoms with Crippen LogP contribution in [0.4, 0.5) is 14.9 Å². The Hall–Kier alpha value is -2.59. The minimum Gasteiger partial charge on any atom is -0.450 e. The van der Waals surface area contributed by atoms with Gasteiger partial charge < -0.3 is 19.4 Å². The molecule has 192 valence electrons. The SMILES string of the molecule is CCOC(=O)N1C2CCC1CC(N1CCC3(CC1)CN(C(=O)c1snnc1C)c1ccc(F)cc13)C2. The fourth-order valence-corrected chi connectivity index (χ4v) is 7.67. The fraction of sp³-hybridized carbons (Fsp3) is 0.615. The van der Waals surface area contributed by atoms with Crippen LogP contribution in [-0.2, 0) is 10.2 Å². The lowest BCUT2D eigenvalue weighted by Gasteiger charge is -2.47. The van der Waals surface area contributed by atoms with Crippen molar-refractivity contribution in [3.05, 3.63) is 40.2 Å². The molecule has 10 heteroatoms. The largest absolute Gasteiger partial charge is 0.450 e. The van der Waals surface area contributed by atoms with Crippen LogP contribution >= 0.6 is 11.5 Å². The van der Waals surface area contributed by atoms with Crippen molar-refractivity contribution in [1.29, 1.82) is 0 Å². The van der Waals surface area contributed by atoms with E-state index in [4.69, 9.17) is 4.74 Å². The Morgan fingerprint density at radius 2 is 1.89 bits per heavy atom. The van der Waals surface area contributed by atoms with Crippen LogP contribution in [-0.4, -0.2) is 75.8 Å². The van der Waals surface area contributed by atoms with E-state index in [9.17, 15) is 14.0 Å². The summed E-state index contributed by atoms with van der Waals surface area (Å²) in [6.45, 7) is 6.43. The van der Waals surface area contributed by atoms with Crippen molar-refractivity contribution in [2.24, 2.45) is 0 Å². The number of carbonyl (C=O) groups is 2. The highest BCUT2D eigenvalue weighted by molar-refractivity contribution is 7.08. The van der Waals surface area contributed by atoms with Crippen LogP contribution in [0.15, 0.2) is 18.2 Å². The predicted octanol–water partition coefficient (Wildman–Crippen LogP) is 4.13. The lowest BCUT2D eigenvalue weighted by atomic mass is 9.73. The van der Waals surface area contributed by atoms with E-state index >= 15 is 0 Å². The van der Waals surface area contributed by atoms with Crippen LogP contribution in [0.5, 0.6) is 0 Å². The number of rotatable bonds is 3. The van der Waals surface area contributed by atoms with E-state index in [2.05, 4.69) is 14.5 Å². The van der Waals surface area contributed by atoms with Crippen LogP contribution in [0.2, 0.25) is 0 Å². The van der Waals surface area contributed by atoms with Gasteiger partial charge in [-0.05, 0) is 101 Å². The summed E-state index contributed by atoms with van der Waals surface area (Å²) >= 11 is 1.12. The number of benzene rings is 1. The summed E-state index contributed by atoms with van der Waals surface area (Å²) in [7, 11) is 0. The lowest BCUT2D eigenvalue weighted by molar-refractivity contribution is 0.0281. The zero-order valence-electron chi connectivity index (χ0n) is 20.8. The van der Waals surface area contributed by atoms with Gasteiger partial charge in [-0.1, -0.05) is 4.49 Å². The molecule has 6 rings (SSSR count). The highest BCUT2D eigenvalue weighted by Gasteiger charge is 2.50. The Kier molecular flexibility index (Phi) is 5.99. The molecule has 5 heterocycles. The van der Waals surface area contributed by atoms with Gasteiger partial charge in [0.15, 0.2) is 0 Å². The van der Waals surface area contributed by atoms with E-state index in [-0.39, 0.29) is 35.3 Å². The van der Waals surface area contributed by atoms with Gasteiger partial charge >= 0.3 is 6.09 Å². The average Bonchev–Trinajstić information content (AvgIpc) is 3.51. The number of nitrogens with zero attached hydrogens (tertiary/aromatic N) is 5. The standard InChI is InChI=1S/C26H32FN5O3S/c1-3-35-25(34)32-18-5-6-19(32)14-20(13-18)30-10-8-26(9-11-30)15-31(22-7-4-17(27)12-21(22)26)24(33)23-16(2)28-29-36-23/h4,7,12,18-20H,3,5-6,8-11,13-15H2,1-2H3. The summed E-state index contributed by atoms with van der Waals surface area (Å²) in [6.07, 6.45) is 5.65. The molecule has 2 aromatic rings. The molecular formula is C26H32FN5O3S. The Bertz CT molecular complexity index is 1170. The Balaban J connectivity index is 1.18. The van der Waals surface area contributed by atoms with Gasteiger partial charge in [0.25, 0.3) is 5.91 Å². The lowest BCUT2D eigenvalue weighted by Crippen LogP contribution is -2.55. The molecule has 36 heavy (non-hydrogen) atoms. The molecule has 2 amide bonds. The molecule has 4 aliphatic heterocycles. The van der Waals surface area contributed by atoms with Crippen LogP contribution < -0.4 is 4.90 Å². The molecule has 0 saturated carbocycles. The van der Waals surface area contributed by atoms with Gasteiger partial charge in [0, 0.05) is 35.8 Å². The topological polar surface area (TPSA) is 78.9 Å². The molecule has 2 atom stereocenters. The number of hydrogen-bond acceptors (Lipinski definition) is 7. The summed E-state index contributed by atoms with van der Waals surface area (Å²) in [5.41, 5.74) is 2.14. The summed E-state index contributed by atoms with van der Waals surface area (Å²) in [6, 6.07) is 5.79. The third-order valence-corrected chi connectivity index (χ3v) is 9.65. The monoisotopic (exact) mass is 513 g/mol. The number of halogens is 1. The first-order chi connectivity index (χ1) is 17.4. The molecule has 1 spiro atoms. The first kappa shape index (κ1) is 23.8. The van der Waals surface area contributed by atoms with E-state index in [0.29, 0.717) is 29.8 Å². The van der Waals surface area contributed by atoms with Crippen LogP contribution in [0, 0.1) is 12.7 Å². The molecular weight excluding hydrogens is 481 g/mol. The minimum atomic E-state index is -0.261. The second kappa shape index (κ2) is 9.06. The van der Waals surface area contributed by atoms with Gasteiger partial charge in [-0.25, -0.2) is 9.18 Å². The van der Waals surface area contributed by atoms with Crippen LogP contribution in [0.25, 0.3) is 0 Å². The van der Waals surface area contributed by atoms with Gasteiger partial charge in [0.1, 0.15) is 10.7 Å². The summed E-state index contributed by atoms with van der Waals surface area (Å²) in [5.74, 6) is -0.360. The fourth-order valence-electron chi connectivity index (χ4n) is 7.06. The molecule has 1 aromatic carbocycles. The number of fused-ring (bicyclic) bond motifs is 4. The van der Waals surface area contributed by atoms with Gasteiger partial charge in [0.05, 0.1) is 12.3 Å². The number of carbonyl (C=O) groups excluding carboxylic acids is 2. The van der Waals surface area contributed by atoms with Crippen molar-refractivity contribution < 1.29 is 18.7 Å². The molecule has 1 aromatic heterocycles. The van der Waals surface area contributed by atoms with E-state index < -0.39 is 0 Å². The number of hydrogen-bond donors (Lipinski definition) is 0. The molecule has 3 saturated heterocycles. The predicted molar refractivity (Wildman–Crippen MR) is 134 cm³/mol. The molecule has 0 radical (unpaired) electrons. The maximum Gasteiger partial charge on any atom is 0.410 e. The zero-order chi connectivity index (χ0) is 25.0. The maximum atomic E-state index is 14.4. The highest BCUT2D eigenvalue weighted by atomic mass is 32.1. The third-order valence-electron chi connectivity index (χ3n) is 8.83. The van der Waals surface area contributed by atoms with Gasteiger partial charge in [-0.3, -0.25) is 4.79 Å². The van der Waals surface area contributed by atoms with Gasteiger partial charge in [-0.15, -0.1) is 5.10 Å². The van der Waals surface area contributed by atoms with Crippen molar-refractivity contribution in [3.8, 4) is 0 Å². The van der Waals surface area contributed by atoms with Gasteiger partial charge in [0.2, 0.25) is 0 Å². The van der Waals surface area contributed by atoms with Crippen molar-refractivity contribution in [1.82, 2.24) is 19.4 Å². The number of anilines is 1. The Labute approximate surface area is 214 Å². The summed E-state index contributed by atoms with van der Waals surface area (Å²) in [4.78, 5) is 32.8. The van der Waals surface area contributed by atoms with Crippen LogP contribution in [0.3, 0.4) is 0 Å². The average molecular weight is 514 g/mol. The summed E-state index contributed by atoms with van der Waals surface area (Å²) < 4.78 is 23.7. The normalized spacial score (nSPS) is 26.9. The highest BCUT2D eigenvalue weighted by Crippen LogP contribution is 2.49. The molecule has 3 fully saturated rings. The van der Waals surface area contributed by atoms with Crippen molar-refractivity contribution >= 4 is 29.2 Å². The van der Waals surface area contributed by atoms with E-state index in [1.54, 1.807) is 19.1 Å². The van der Waals surface area contributed by atoms with E-state index in [0.717, 1.165) is 74.4 Å². The number of likely N-dealkylation sites (tertiary alicyclic amines) is 1. The van der Waals surface area contributed by atoms with Crippen LogP contribution in [0.1, 0.15) is 66.4 Å². The minimum absolute atomic E-state index is 0.0995. The van der Waals surface area contributed by atoms with Crippen molar-refractivity contribution in [3.63, 3.8) is 0 Å². The Morgan fingerprint density at radius 3 is 2.53 bits per heavy atom. The first-order valence-electron chi connectivity index (χ1n) is 13.0. The van der Waals surface area contributed by atoms with Crippen molar-refractivity contribution in [2.45, 2.75) is 75.9 Å². The quantitative estimate of drug-likeness (QED) is 0.614. The molecule has 0 N–H and O–H groups in total. The number of aromatic nitrogens is 2. The molecule has 8 nitrogen and oxygen atoms in total. The van der Waals surface area contributed by atoms with E-state index in [1.807, 2.05) is 16.7 Å². The molecule has 4 aliphatic rings. The van der Waals surface area contributed by atoms with E-state index in [1.165, 1.54) is 6.07 Å². The second-order valence-corrected chi connectivity index (χ2v) is 11.4. The van der Waals surface area contributed by atoms with Crippen molar-refractivity contribution in [2.75, 3.05) is 31.1 Å². The third kappa shape index (κ3) is 3.80. The first-order valence-corrected chi connectivity index (χ1v) is 13.8. The second-order valence-electron chi connectivity index (χ2n) is 10.7. The number of amides is 2. The number of aryl methyl sites for hydroxylation is 1. The number of ether oxygens (including phenoxy) is 1. The molecule has 2 unspecified atom stereocenters. The zero-order valence-corrected chi connectivity index (χ0v) is 21.6. The smallest absolute Gasteiger partial charge is 0.410 e.